The molecule has 0 aliphatic rings. The first-order chi connectivity index (χ1) is 8.08. The van der Waals surface area contributed by atoms with Gasteiger partial charge < -0.3 is 4.74 Å². The minimum absolute atomic E-state index is 0.138. The van der Waals surface area contributed by atoms with Crippen LogP contribution in [0.25, 0.3) is 0 Å². The second-order valence-corrected chi connectivity index (χ2v) is 4.31. The Labute approximate surface area is 103 Å². The van der Waals surface area contributed by atoms with Crippen LogP contribution in [-0.4, -0.2) is 36.9 Å². The summed E-state index contributed by atoms with van der Waals surface area (Å²) in [4.78, 5) is 14.2. The van der Waals surface area contributed by atoms with E-state index in [1.807, 2.05) is 18.2 Å². The first kappa shape index (κ1) is 13.7. The predicted molar refractivity (Wildman–Crippen MR) is 69.7 cm³/mol. The van der Waals surface area contributed by atoms with E-state index in [9.17, 15) is 4.79 Å². The number of hydrogen-bond donors (Lipinski definition) is 0. The van der Waals surface area contributed by atoms with Gasteiger partial charge in [-0.15, -0.1) is 0 Å². The third kappa shape index (κ3) is 3.86. The Morgan fingerprint density at radius 2 is 2.12 bits per heavy atom. The summed E-state index contributed by atoms with van der Waals surface area (Å²) in [5.74, 6) is 0.864. The van der Waals surface area contributed by atoms with Crippen LogP contribution >= 0.6 is 0 Å². The quantitative estimate of drug-likeness (QED) is 0.710. The molecule has 0 aliphatic heterocycles. The van der Waals surface area contributed by atoms with Crippen LogP contribution in [0.3, 0.4) is 0 Å². The Morgan fingerprint density at radius 1 is 1.41 bits per heavy atom. The zero-order chi connectivity index (χ0) is 12.8. The number of likely N-dealkylation sites (N-methyl/N-ethyl adjacent to an activating group) is 1. The van der Waals surface area contributed by atoms with Gasteiger partial charge in [0.05, 0.1) is 13.7 Å². The summed E-state index contributed by atoms with van der Waals surface area (Å²) < 4.78 is 5.12. The largest absolute Gasteiger partial charge is 0.497 e. The van der Waals surface area contributed by atoms with Crippen molar-refractivity contribution in [3.63, 3.8) is 0 Å². The molecule has 17 heavy (non-hydrogen) atoms. The molecule has 1 aromatic carbocycles. The zero-order valence-corrected chi connectivity index (χ0v) is 11.1. The molecular formula is C14H21NO2. The fraction of sp³-hybridized carbons (Fsp3) is 0.500. The molecule has 3 heteroatoms. The minimum Gasteiger partial charge on any atom is -0.497 e. The number of carbonyl (C=O) groups excluding carboxylic acids is 1. The van der Waals surface area contributed by atoms with Gasteiger partial charge in [-0.25, -0.2) is 0 Å². The summed E-state index contributed by atoms with van der Waals surface area (Å²) in [6.07, 6.45) is 0. The third-order valence-electron chi connectivity index (χ3n) is 2.87. The molecule has 0 atom stereocenters. The van der Waals surface area contributed by atoms with Crippen LogP contribution in [-0.2, 0) is 0 Å². The van der Waals surface area contributed by atoms with Crippen molar-refractivity contribution in [2.75, 3.05) is 20.2 Å². The smallest absolute Gasteiger partial charge is 0.176 e. The molecule has 0 amide bonds. The van der Waals surface area contributed by atoms with E-state index >= 15 is 0 Å². The third-order valence-corrected chi connectivity index (χ3v) is 2.87. The van der Waals surface area contributed by atoms with E-state index in [-0.39, 0.29) is 5.78 Å². The number of rotatable bonds is 6. The number of nitrogens with zero attached hydrogens (tertiary/aromatic N) is 1. The fourth-order valence-electron chi connectivity index (χ4n) is 1.73. The molecule has 1 rings (SSSR count). The molecule has 0 fully saturated rings. The molecule has 0 heterocycles. The maximum absolute atomic E-state index is 12.1. The van der Waals surface area contributed by atoms with Gasteiger partial charge in [0, 0.05) is 11.6 Å². The molecule has 0 spiro atoms. The molecule has 0 aromatic heterocycles. The van der Waals surface area contributed by atoms with E-state index in [1.54, 1.807) is 13.2 Å². The first-order valence-electron chi connectivity index (χ1n) is 5.99. The topological polar surface area (TPSA) is 29.5 Å². The van der Waals surface area contributed by atoms with Crippen molar-refractivity contribution in [3.8, 4) is 5.75 Å². The average Bonchev–Trinajstić information content (AvgIpc) is 2.35. The maximum Gasteiger partial charge on any atom is 0.176 e. The van der Waals surface area contributed by atoms with Crippen LogP contribution in [0.4, 0.5) is 0 Å². The normalized spacial score (nSPS) is 10.9. The molecule has 0 N–H and O–H groups in total. The van der Waals surface area contributed by atoms with Crippen molar-refractivity contribution in [2.24, 2.45) is 0 Å². The van der Waals surface area contributed by atoms with Crippen LogP contribution < -0.4 is 4.74 Å². The second-order valence-electron chi connectivity index (χ2n) is 4.31. The highest BCUT2D eigenvalue weighted by Crippen LogP contribution is 2.13. The molecule has 0 saturated carbocycles. The number of benzene rings is 1. The van der Waals surface area contributed by atoms with Gasteiger partial charge >= 0.3 is 0 Å². The van der Waals surface area contributed by atoms with Crippen molar-refractivity contribution in [1.82, 2.24) is 4.90 Å². The van der Waals surface area contributed by atoms with Crippen LogP contribution in [0.1, 0.15) is 31.1 Å². The van der Waals surface area contributed by atoms with Gasteiger partial charge in [0.1, 0.15) is 5.75 Å². The second kappa shape index (κ2) is 6.40. The Hall–Kier alpha value is -1.35. The van der Waals surface area contributed by atoms with Crippen LogP contribution in [0.2, 0.25) is 0 Å². The van der Waals surface area contributed by atoms with Crippen LogP contribution in [0.15, 0.2) is 24.3 Å². The molecule has 0 aliphatic carbocycles. The van der Waals surface area contributed by atoms with Gasteiger partial charge in [-0.3, -0.25) is 9.69 Å². The van der Waals surface area contributed by atoms with E-state index in [2.05, 4.69) is 25.7 Å². The first-order valence-corrected chi connectivity index (χ1v) is 5.99. The number of methoxy groups -OCH3 is 1. The lowest BCUT2D eigenvalue weighted by Crippen LogP contribution is -2.35. The van der Waals surface area contributed by atoms with E-state index in [4.69, 9.17) is 4.74 Å². The van der Waals surface area contributed by atoms with Crippen molar-refractivity contribution in [1.29, 1.82) is 0 Å². The van der Waals surface area contributed by atoms with Gasteiger partial charge in [-0.05, 0) is 32.5 Å². The zero-order valence-electron chi connectivity index (χ0n) is 11.1. The number of Topliss-reactive ketones (excluding diaryl/α,β-unsaturated/α-hetero) is 1. The molecule has 0 saturated heterocycles. The highest BCUT2D eigenvalue weighted by Gasteiger charge is 2.14. The average molecular weight is 235 g/mol. The molecule has 0 bridgehead atoms. The molecular weight excluding hydrogens is 214 g/mol. The summed E-state index contributed by atoms with van der Waals surface area (Å²) in [5, 5.41) is 0. The molecule has 3 nitrogen and oxygen atoms in total. The van der Waals surface area contributed by atoms with Crippen molar-refractivity contribution in [2.45, 2.75) is 26.8 Å². The fourth-order valence-corrected chi connectivity index (χ4v) is 1.73. The van der Waals surface area contributed by atoms with Gasteiger partial charge in [0.2, 0.25) is 0 Å². The summed E-state index contributed by atoms with van der Waals surface area (Å²) in [7, 11) is 1.61. The predicted octanol–water partition coefficient (Wildman–Crippen LogP) is 2.61. The standard InChI is InChI=1S/C14H21NO2/c1-5-15(11(2)3)10-14(16)12-7-6-8-13(9-12)17-4/h6-9,11H,5,10H2,1-4H3. The molecule has 1 aromatic rings. The molecule has 0 unspecified atom stereocenters. The summed E-state index contributed by atoms with van der Waals surface area (Å²) >= 11 is 0. The Bertz CT molecular complexity index is 374. The van der Waals surface area contributed by atoms with E-state index in [1.165, 1.54) is 0 Å². The monoisotopic (exact) mass is 235 g/mol. The lowest BCUT2D eigenvalue weighted by Gasteiger charge is -2.23. The van der Waals surface area contributed by atoms with Crippen molar-refractivity contribution < 1.29 is 9.53 Å². The van der Waals surface area contributed by atoms with E-state index in [0.29, 0.717) is 18.2 Å². The minimum atomic E-state index is 0.138. The maximum atomic E-state index is 12.1. The van der Waals surface area contributed by atoms with Gasteiger partial charge in [-0.2, -0.15) is 0 Å². The SMILES string of the molecule is CCN(CC(=O)c1cccc(OC)c1)C(C)C. The van der Waals surface area contributed by atoms with Gasteiger partial charge in [-0.1, -0.05) is 19.1 Å². The Morgan fingerprint density at radius 3 is 2.65 bits per heavy atom. The number of ketones is 1. The molecule has 0 radical (unpaired) electrons. The lowest BCUT2D eigenvalue weighted by atomic mass is 10.1. The Kier molecular flexibility index (Phi) is 5.16. The van der Waals surface area contributed by atoms with E-state index < -0.39 is 0 Å². The number of hydrogen-bond acceptors (Lipinski definition) is 3. The summed E-state index contributed by atoms with van der Waals surface area (Å²) in [6, 6.07) is 7.69. The summed E-state index contributed by atoms with van der Waals surface area (Å²) in [6.45, 7) is 7.61. The number of carbonyl (C=O) groups is 1. The molecule has 94 valence electrons. The van der Waals surface area contributed by atoms with E-state index in [0.717, 1.165) is 12.3 Å². The highest BCUT2D eigenvalue weighted by atomic mass is 16.5. The van der Waals surface area contributed by atoms with Crippen LogP contribution in [0, 0.1) is 0 Å². The lowest BCUT2D eigenvalue weighted by molar-refractivity contribution is 0.0911. The van der Waals surface area contributed by atoms with Gasteiger partial charge in [0.25, 0.3) is 0 Å². The van der Waals surface area contributed by atoms with Crippen molar-refractivity contribution in [3.05, 3.63) is 29.8 Å². The summed E-state index contributed by atoms with van der Waals surface area (Å²) in [5.41, 5.74) is 0.712. The Balaban J connectivity index is 2.75. The van der Waals surface area contributed by atoms with Gasteiger partial charge in [0.15, 0.2) is 5.78 Å². The highest BCUT2D eigenvalue weighted by molar-refractivity contribution is 5.97. The van der Waals surface area contributed by atoms with Crippen LogP contribution in [0.5, 0.6) is 5.75 Å². The van der Waals surface area contributed by atoms with Crippen molar-refractivity contribution >= 4 is 5.78 Å². The number of ether oxygens (including phenoxy) is 1.